The van der Waals surface area contributed by atoms with E-state index in [1.807, 2.05) is 32.0 Å². The first-order valence-electron chi connectivity index (χ1n) is 4.93. The minimum absolute atomic E-state index is 0.386. The summed E-state index contributed by atoms with van der Waals surface area (Å²) in [6.45, 7) is 7.70. The van der Waals surface area contributed by atoms with E-state index in [1.165, 1.54) is 11.3 Å². The number of carboxylic acid groups (broad SMARTS) is 1. The lowest BCUT2D eigenvalue weighted by Gasteiger charge is -2.00. The molecule has 1 aromatic carbocycles. The molecule has 1 heterocycles. The van der Waals surface area contributed by atoms with E-state index in [1.54, 1.807) is 0 Å². The summed E-state index contributed by atoms with van der Waals surface area (Å²) in [5.74, 6) is -0.876. The molecule has 0 unspecified atom stereocenters. The van der Waals surface area contributed by atoms with Crippen LogP contribution >= 0.6 is 11.3 Å². The number of hydrogen-bond acceptors (Lipinski definition) is 2. The number of carboxylic acids is 1. The van der Waals surface area contributed by atoms with Crippen molar-refractivity contribution in [3.05, 3.63) is 40.8 Å². The lowest BCUT2D eigenvalue weighted by atomic mass is 10.0. The fourth-order valence-corrected chi connectivity index (χ4v) is 3.02. The van der Waals surface area contributed by atoms with Gasteiger partial charge in [0.05, 0.1) is 0 Å². The third-order valence-corrected chi connectivity index (χ3v) is 3.86. The molecule has 1 aromatic heterocycles. The molecule has 0 radical (unpaired) electrons. The Morgan fingerprint density at radius 1 is 1.44 bits per heavy atom. The Kier molecular flexibility index (Phi) is 2.56. The predicted molar refractivity (Wildman–Crippen MR) is 68.2 cm³/mol. The van der Waals surface area contributed by atoms with E-state index < -0.39 is 5.97 Å². The molecular formula is C13H12O2S. The van der Waals surface area contributed by atoms with Gasteiger partial charge >= 0.3 is 5.97 Å². The summed E-state index contributed by atoms with van der Waals surface area (Å²) in [7, 11) is 0. The first-order valence-corrected chi connectivity index (χ1v) is 5.75. The minimum Gasteiger partial charge on any atom is -0.477 e. The summed E-state index contributed by atoms with van der Waals surface area (Å²) >= 11 is 1.33. The van der Waals surface area contributed by atoms with Gasteiger partial charge in [0.25, 0.3) is 0 Å². The average Bonchev–Trinajstić information content (AvgIpc) is 2.58. The fraction of sp³-hybridized carbons (Fsp3) is 0.154. The molecule has 82 valence electrons. The van der Waals surface area contributed by atoms with Crippen molar-refractivity contribution in [1.82, 2.24) is 0 Å². The van der Waals surface area contributed by atoms with Crippen molar-refractivity contribution in [2.24, 2.45) is 0 Å². The van der Waals surface area contributed by atoms with Crippen molar-refractivity contribution < 1.29 is 9.90 Å². The van der Waals surface area contributed by atoms with Crippen molar-refractivity contribution >= 4 is 33.0 Å². The number of carbonyl (C=O) groups is 1. The van der Waals surface area contributed by atoms with Crippen LogP contribution in [-0.4, -0.2) is 11.1 Å². The maximum absolute atomic E-state index is 11.2. The Morgan fingerprint density at radius 2 is 2.12 bits per heavy atom. The monoisotopic (exact) mass is 232 g/mol. The smallest absolute Gasteiger partial charge is 0.346 e. The third kappa shape index (κ3) is 1.53. The van der Waals surface area contributed by atoms with E-state index >= 15 is 0 Å². The summed E-state index contributed by atoms with van der Waals surface area (Å²) in [6, 6.07) is 5.89. The largest absolute Gasteiger partial charge is 0.477 e. The van der Waals surface area contributed by atoms with Crippen LogP contribution in [-0.2, 0) is 0 Å². The van der Waals surface area contributed by atoms with E-state index in [0.29, 0.717) is 4.88 Å². The molecule has 0 fully saturated rings. The first-order chi connectivity index (χ1) is 7.52. The summed E-state index contributed by atoms with van der Waals surface area (Å²) in [5.41, 5.74) is 2.68. The summed E-state index contributed by atoms with van der Waals surface area (Å²) in [4.78, 5) is 11.6. The van der Waals surface area contributed by atoms with Crippen molar-refractivity contribution in [2.75, 3.05) is 0 Å². The van der Waals surface area contributed by atoms with Gasteiger partial charge in [0, 0.05) is 15.6 Å². The highest BCUT2D eigenvalue weighted by atomic mass is 32.1. The standard InChI is InChI=1S/C13H12O2S/c1-7(2)10-9-6-4-5-8(3)11(9)16-12(10)13(14)15/h4-6H,1H2,2-3H3,(H,14,15). The number of hydrogen-bond donors (Lipinski definition) is 1. The molecule has 0 aliphatic rings. The zero-order chi connectivity index (χ0) is 11.9. The van der Waals surface area contributed by atoms with Gasteiger partial charge in [-0.1, -0.05) is 24.8 Å². The molecule has 0 amide bonds. The topological polar surface area (TPSA) is 37.3 Å². The molecule has 1 N–H and O–H groups in total. The van der Waals surface area contributed by atoms with Crippen LogP contribution in [0.2, 0.25) is 0 Å². The molecule has 16 heavy (non-hydrogen) atoms. The maximum Gasteiger partial charge on any atom is 0.346 e. The molecule has 0 aliphatic carbocycles. The van der Waals surface area contributed by atoms with Crippen molar-refractivity contribution in [3.63, 3.8) is 0 Å². The number of allylic oxidation sites excluding steroid dienone is 1. The second-order valence-corrected chi connectivity index (χ2v) is 4.86. The highest BCUT2D eigenvalue weighted by Crippen LogP contribution is 2.36. The van der Waals surface area contributed by atoms with Crippen LogP contribution in [0.15, 0.2) is 24.8 Å². The van der Waals surface area contributed by atoms with Gasteiger partial charge in [-0.25, -0.2) is 4.79 Å². The molecule has 0 saturated heterocycles. The van der Waals surface area contributed by atoms with E-state index in [4.69, 9.17) is 0 Å². The van der Waals surface area contributed by atoms with Gasteiger partial charge in [-0.15, -0.1) is 11.3 Å². The van der Waals surface area contributed by atoms with E-state index in [-0.39, 0.29) is 0 Å². The SMILES string of the molecule is C=C(C)c1c(C(=O)O)sc2c(C)cccc12. The Balaban J connectivity index is 2.92. The summed E-state index contributed by atoms with van der Waals surface area (Å²) in [6.07, 6.45) is 0. The molecule has 3 heteroatoms. The average molecular weight is 232 g/mol. The zero-order valence-electron chi connectivity index (χ0n) is 9.20. The number of fused-ring (bicyclic) bond motifs is 1. The van der Waals surface area contributed by atoms with Crippen molar-refractivity contribution in [1.29, 1.82) is 0 Å². The fourth-order valence-electron chi connectivity index (χ4n) is 1.83. The van der Waals surface area contributed by atoms with Gasteiger partial charge in [0.2, 0.25) is 0 Å². The Bertz CT molecular complexity index is 593. The highest BCUT2D eigenvalue weighted by Gasteiger charge is 2.18. The van der Waals surface area contributed by atoms with E-state index in [0.717, 1.165) is 26.8 Å². The van der Waals surface area contributed by atoms with Crippen LogP contribution in [0.25, 0.3) is 15.7 Å². The molecule has 0 spiro atoms. The lowest BCUT2D eigenvalue weighted by molar-refractivity contribution is 0.0702. The molecule has 0 bridgehead atoms. The minimum atomic E-state index is -0.876. The molecule has 2 aromatic rings. The van der Waals surface area contributed by atoms with Gasteiger partial charge in [-0.05, 0) is 25.0 Å². The molecule has 2 nitrogen and oxygen atoms in total. The van der Waals surface area contributed by atoms with Crippen LogP contribution in [0.4, 0.5) is 0 Å². The molecule has 0 atom stereocenters. The second kappa shape index (κ2) is 3.76. The van der Waals surface area contributed by atoms with Crippen LogP contribution < -0.4 is 0 Å². The van der Waals surface area contributed by atoms with Gasteiger partial charge in [0.15, 0.2) is 0 Å². The van der Waals surface area contributed by atoms with Crippen LogP contribution in [0, 0.1) is 6.92 Å². The molecule has 0 saturated carbocycles. The zero-order valence-corrected chi connectivity index (χ0v) is 10.0. The predicted octanol–water partition coefficient (Wildman–Crippen LogP) is 3.94. The van der Waals surface area contributed by atoms with E-state index in [9.17, 15) is 9.90 Å². The Labute approximate surface area is 97.8 Å². The van der Waals surface area contributed by atoms with Crippen LogP contribution in [0.1, 0.15) is 27.7 Å². The number of aromatic carboxylic acids is 1. The summed E-state index contributed by atoms with van der Waals surface area (Å²) < 4.78 is 1.04. The van der Waals surface area contributed by atoms with E-state index in [2.05, 4.69) is 6.58 Å². The Hall–Kier alpha value is -1.61. The quantitative estimate of drug-likeness (QED) is 0.851. The molecule has 2 rings (SSSR count). The van der Waals surface area contributed by atoms with Gasteiger partial charge in [-0.3, -0.25) is 0 Å². The third-order valence-electron chi connectivity index (χ3n) is 2.53. The van der Waals surface area contributed by atoms with Gasteiger partial charge < -0.3 is 5.11 Å². The normalized spacial score (nSPS) is 10.6. The highest BCUT2D eigenvalue weighted by molar-refractivity contribution is 7.21. The molecule has 0 aliphatic heterocycles. The Morgan fingerprint density at radius 3 is 2.69 bits per heavy atom. The molecular weight excluding hydrogens is 220 g/mol. The van der Waals surface area contributed by atoms with Gasteiger partial charge in [-0.2, -0.15) is 0 Å². The maximum atomic E-state index is 11.2. The van der Waals surface area contributed by atoms with Crippen molar-refractivity contribution in [3.8, 4) is 0 Å². The van der Waals surface area contributed by atoms with Crippen molar-refractivity contribution in [2.45, 2.75) is 13.8 Å². The number of thiophene rings is 1. The number of aryl methyl sites for hydroxylation is 1. The second-order valence-electron chi connectivity index (χ2n) is 3.84. The van der Waals surface area contributed by atoms with Crippen LogP contribution in [0.3, 0.4) is 0 Å². The first kappa shape index (κ1) is 10.9. The van der Waals surface area contributed by atoms with Gasteiger partial charge in [0.1, 0.15) is 4.88 Å². The summed E-state index contributed by atoms with van der Waals surface area (Å²) in [5, 5.41) is 10.2. The van der Waals surface area contributed by atoms with Crippen LogP contribution in [0.5, 0.6) is 0 Å². The number of rotatable bonds is 2. The number of benzene rings is 1. The lowest BCUT2D eigenvalue weighted by Crippen LogP contribution is -1.95.